The minimum atomic E-state index is -0.199. The number of hydrogen-bond acceptors (Lipinski definition) is 7. The van der Waals surface area contributed by atoms with E-state index < -0.39 is 0 Å². The SMILES string of the molecule is COC(=O)[C@H]1C[C@H](Cc2ccnc(Nc3ncc(-c4ccccc4)s3)c2)C[C@H]1N. The maximum absolute atomic E-state index is 11.9. The number of esters is 1. The Bertz CT molecular complexity index is 976. The van der Waals surface area contributed by atoms with Crippen molar-refractivity contribution in [3.8, 4) is 10.4 Å². The lowest BCUT2D eigenvalue weighted by molar-refractivity contribution is -0.145. The fourth-order valence-corrected chi connectivity index (χ4v) is 4.78. The molecule has 1 aromatic carbocycles. The van der Waals surface area contributed by atoms with Gasteiger partial charge in [-0.25, -0.2) is 9.97 Å². The molecule has 2 heterocycles. The van der Waals surface area contributed by atoms with Crippen molar-refractivity contribution in [1.29, 1.82) is 0 Å². The van der Waals surface area contributed by atoms with E-state index in [0.29, 0.717) is 5.92 Å². The van der Waals surface area contributed by atoms with Gasteiger partial charge in [-0.1, -0.05) is 41.7 Å². The molecule has 0 aliphatic heterocycles. The first kappa shape index (κ1) is 19.5. The second-order valence-corrected chi connectivity index (χ2v) is 8.44. The van der Waals surface area contributed by atoms with Crippen molar-refractivity contribution in [2.75, 3.05) is 12.4 Å². The van der Waals surface area contributed by atoms with Gasteiger partial charge in [0.25, 0.3) is 0 Å². The Balaban J connectivity index is 1.41. The molecule has 150 valence electrons. The first-order chi connectivity index (χ1) is 14.1. The molecule has 0 spiro atoms. The van der Waals surface area contributed by atoms with Gasteiger partial charge in [-0.15, -0.1) is 0 Å². The van der Waals surface area contributed by atoms with Crippen molar-refractivity contribution in [2.24, 2.45) is 17.6 Å². The van der Waals surface area contributed by atoms with Crippen LogP contribution < -0.4 is 11.1 Å². The molecule has 0 bridgehead atoms. The first-order valence-electron chi connectivity index (χ1n) is 9.69. The minimum Gasteiger partial charge on any atom is -0.469 e. The summed E-state index contributed by atoms with van der Waals surface area (Å²) in [6.07, 6.45) is 6.14. The number of rotatable bonds is 6. The fourth-order valence-electron chi connectivity index (χ4n) is 3.95. The fraction of sp³-hybridized carbons (Fsp3) is 0.318. The highest BCUT2D eigenvalue weighted by atomic mass is 32.1. The number of hydrogen-bond donors (Lipinski definition) is 2. The third-order valence-corrected chi connectivity index (χ3v) is 6.32. The van der Waals surface area contributed by atoms with Gasteiger partial charge in [0.05, 0.1) is 17.9 Å². The first-order valence-corrected chi connectivity index (χ1v) is 10.5. The highest BCUT2D eigenvalue weighted by Gasteiger charge is 2.37. The number of pyridine rings is 1. The Morgan fingerprint density at radius 2 is 2.07 bits per heavy atom. The summed E-state index contributed by atoms with van der Waals surface area (Å²) < 4.78 is 4.88. The van der Waals surface area contributed by atoms with Gasteiger partial charge in [-0.3, -0.25) is 4.79 Å². The number of thiazole rings is 1. The predicted molar refractivity (Wildman–Crippen MR) is 115 cm³/mol. The Hall–Kier alpha value is -2.77. The number of ether oxygens (including phenoxy) is 1. The maximum atomic E-state index is 11.9. The zero-order valence-electron chi connectivity index (χ0n) is 16.2. The molecule has 7 heteroatoms. The molecule has 1 aliphatic carbocycles. The van der Waals surface area contributed by atoms with Crippen LogP contribution in [-0.4, -0.2) is 29.1 Å². The van der Waals surface area contributed by atoms with Crippen LogP contribution in [0.5, 0.6) is 0 Å². The van der Waals surface area contributed by atoms with Gasteiger partial charge in [0, 0.05) is 18.4 Å². The smallest absolute Gasteiger partial charge is 0.310 e. The number of carbonyl (C=O) groups excluding carboxylic acids is 1. The monoisotopic (exact) mass is 408 g/mol. The number of nitrogens with zero attached hydrogens (tertiary/aromatic N) is 2. The van der Waals surface area contributed by atoms with Crippen LogP contribution in [0.4, 0.5) is 10.9 Å². The van der Waals surface area contributed by atoms with Crippen molar-refractivity contribution >= 4 is 28.3 Å². The molecule has 4 rings (SSSR count). The average Bonchev–Trinajstić information content (AvgIpc) is 3.35. The molecule has 3 N–H and O–H groups in total. The van der Waals surface area contributed by atoms with Crippen LogP contribution >= 0.6 is 11.3 Å². The summed E-state index contributed by atoms with van der Waals surface area (Å²) in [7, 11) is 1.42. The number of anilines is 2. The summed E-state index contributed by atoms with van der Waals surface area (Å²) in [6, 6.07) is 14.1. The summed E-state index contributed by atoms with van der Waals surface area (Å²) in [5, 5.41) is 4.11. The molecule has 1 fully saturated rings. The Morgan fingerprint density at radius 1 is 1.24 bits per heavy atom. The molecule has 6 nitrogen and oxygen atoms in total. The van der Waals surface area contributed by atoms with Gasteiger partial charge in [-0.05, 0) is 48.4 Å². The van der Waals surface area contributed by atoms with Crippen LogP contribution in [0.3, 0.4) is 0 Å². The average molecular weight is 409 g/mol. The molecule has 1 aliphatic rings. The number of carbonyl (C=O) groups is 1. The largest absolute Gasteiger partial charge is 0.469 e. The van der Waals surface area contributed by atoms with Crippen LogP contribution in [-0.2, 0) is 16.0 Å². The standard InChI is InChI=1S/C22H24N4O2S/c1-28-21(27)17-10-15(11-18(17)23)9-14-7-8-24-20(12-14)26-22-25-13-19(29-22)16-5-3-2-4-6-16/h2-8,12-13,15,17-18H,9-11,23H2,1H3,(H,24,25,26)/t15-,17-,18+/m0/s1. The molecule has 0 saturated heterocycles. The highest BCUT2D eigenvalue weighted by Crippen LogP contribution is 2.34. The van der Waals surface area contributed by atoms with E-state index >= 15 is 0 Å². The summed E-state index contributed by atoms with van der Waals surface area (Å²) in [6.45, 7) is 0. The molecule has 0 unspecified atom stereocenters. The molecule has 0 radical (unpaired) electrons. The van der Waals surface area contributed by atoms with Gasteiger partial charge in [0.1, 0.15) is 5.82 Å². The zero-order valence-corrected chi connectivity index (χ0v) is 17.1. The third-order valence-electron chi connectivity index (χ3n) is 5.36. The van der Waals surface area contributed by atoms with E-state index in [1.54, 1.807) is 17.5 Å². The van der Waals surface area contributed by atoms with E-state index in [2.05, 4.69) is 27.4 Å². The Kier molecular flexibility index (Phi) is 5.87. The van der Waals surface area contributed by atoms with Crippen molar-refractivity contribution in [3.05, 3.63) is 60.4 Å². The van der Waals surface area contributed by atoms with Gasteiger partial charge in [0.2, 0.25) is 0 Å². The van der Waals surface area contributed by atoms with E-state index in [-0.39, 0.29) is 17.9 Å². The van der Waals surface area contributed by atoms with E-state index in [4.69, 9.17) is 10.5 Å². The molecule has 0 amide bonds. The van der Waals surface area contributed by atoms with Gasteiger partial charge >= 0.3 is 5.97 Å². The van der Waals surface area contributed by atoms with Crippen molar-refractivity contribution in [1.82, 2.24) is 9.97 Å². The van der Waals surface area contributed by atoms with Gasteiger partial charge in [0.15, 0.2) is 5.13 Å². The number of benzene rings is 1. The molecular formula is C22H24N4O2S. The normalized spacial score (nSPS) is 21.1. The second-order valence-electron chi connectivity index (χ2n) is 7.41. The quantitative estimate of drug-likeness (QED) is 0.599. The molecular weight excluding hydrogens is 384 g/mol. The number of aromatic nitrogens is 2. The lowest BCUT2D eigenvalue weighted by atomic mass is 9.97. The zero-order chi connectivity index (χ0) is 20.2. The number of nitrogens with one attached hydrogen (secondary N) is 1. The van der Waals surface area contributed by atoms with Crippen LogP contribution in [0.25, 0.3) is 10.4 Å². The van der Waals surface area contributed by atoms with Crippen molar-refractivity contribution in [3.63, 3.8) is 0 Å². The summed E-state index contributed by atoms with van der Waals surface area (Å²) in [4.78, 5) is 21.9. The van der Waals surface area contributed by atoms with Gasteiger partial charge in [-0.2, -0.15) is 0 Å². The maximum Gasteiger partial charge on any atom is 0.310 e. The highest BCUT2D eigenvalue weighted by molar-refractivity contribution is 7.18. The topological polar surface area (TPSA) is 90.1 Å². The lowest BCUT2D eigenvalue weighted by Gasteiger charge is -2.11. The minimum absolute atomic E-state index is 0.126. The van der Waals surface area contributed by atoms with Crippen LogP contribution in [0.2, 0.25) is 0 Å². The number of nitrogens with two attached hydrogens (primary N) is 1. The molecule has 3 aromatic rings. The van der Waals surface area contributed by atoms with Crippen molar-refractivity contribution in [2.45, 2.75) is 25.3 Å². The molecule has 1 saturated carbocycles. The van der Waals surface area contributed by atoms with Crippen LogP contribution in [0, 0.1) is 11.8 Å². The summed E-state index contributed by atoms with van der Waals surface area (Å²) in [5.74, 6) is 0.739. The van der Waals surface area contributed by atoms with E-state index in [1.165, 1.54) is 12.7 Å². The van der Waals surface area contributed by atoms with Crippen LogP contribution in [0.1, 0.15) is 18.4 Å². The van der Waals surface area contributed by atoms with Crippen LogP contribution in [0.15, 0.2) is 54.9 Å². The summed E-state index contributed by atoms with van der Waals surface area (Å²) >= 11 is 1.60. The van der Waals surface area contributed by atoms with Gasteiger partial charge < -0.3 is 15.8 Å². The molecule has 3 atom stereocenters. The van der Waals surface area contributed by atoms with E-state index in [9.17, 15) is 4.79 Å². The van der Waals surface area contributed by atoms with Crippen molar-refractivity contribution < 1.29 is 9.53 Å². The Labute approximate surface area is 174 Å². The summed E-state index contributed by atoms with van der Waals surface area (Å²) in [5.41, 5.74) is 8.47. The Morgan fingerprint density at radius 3 is 2.86 bits per heavy atom. The third kappa shape index (κ3) is 4.63. The number of methoxy groups -OCH3 is 1. The molecule has 29 heavy (non-hydrogen) atoms. The van der Waals surface area contributed by atoms with E-state index in [0.717, 1.165) is 40.7 Å². The van der Waals surface area contributed by atoms with E-state index in [1.807, 2.05) is 36.5 Å². The predicted octanol–water partition coefficient (Wildman–Crippen LogP) is 4.02. The molecule has 2 aromatic heterocycles. The second kappa shape index (κ2) is 8.71. The lowest BCUT2D eigenvalue weighted by Crippen LogP contribution is -2.31.